The summed E-state index contributed by atoms with van der Waals surface area (Å²) in [5, 5.41) is 5.65. The summed E-state index contributed by atoms with van der Waals surface area (Å²) in [6.07, 6.45) is 0.385. The third-order valence-electron chi connectivity index (χ3n) is 5.41. The molecule has 0 bridgehead atoms. The average Bonchev–Trinajstić information content (AvgIpc) is 3.07. The molecule has 0 spiro atoms. The monoisotopic (exact) mass is 445 g/mol. The van der Waals surface area contributed by atoms with E-state index in [1.807, 2.05) is 85.8 Å². The molecular formula is C25H23N3O3S. The molecule has 3 aromatic rings. The summed E-state index contributed by atoms with van der Waals surface area (Å²) in [6.45, 7) is 1.48. The number of nitrogens with one attached hydrogen (secondary N) is 2. The normalized spacial score (nSPS) is 17.8. The van der Waals surface area contributed by atoms with Crippen molar-refractivity contribution >= 4 is 35.3 Å². The summed E-state index contributed by atoms with van der Waals surface area (Å²) < 4.78 is 0. The molecule has 6 nitrogen and oxygen atoms in total. The van der Waals surface area contributed by atoms with Gasteiger partial charge < -0.3 is 10.6 Å². The second-order valence-electron chi connectivity index (χ2n) is 7.41. The molecule has 32 heavy (non-hydrogen) atoms. The molecule has 1 fully saturated rings. The molecule has 1 atom stereocenters. The Bertz CT molecular complexity index is 1140. The third kappa shape index (κ3) is 4.24. The van der Waals surface area contributed by atoms with Crippen LogP contribution in [0, 0.1) is 0 Å². The Morgan fingerprint density at radius 3 is 2.25 bits per heavy atom. The minimum Gasteiger partial charge on any atom is -0.323 e. The van der Waals surface area contributed by atoms with Gasteiger partial charge in [-0.15, -0.1) is 0 Å². The number of benzene rings is 3. The van der Waals surface area contributed by atoms with E-state index in [2.05, 4.69) is 10.6 Å². The number of hydrogen-bond acceptors (Lipinski definition) is 4. The summed E-state index contributed by atoms with van der Waals surface area (Å²) in [5.74, 6) is -0.854. The lowest BCUT2D eigenvalue weighted by Gasteiger charge is -2.25. The number of para-hydroxylation sites is 1. The van der Waals surface area contributed by atoms with E-state index >= 15 is 0 Å². The molecule has 4 rings (SSSR count). The molecule has 4 amide bonds. The first-order chi connectivity index (χ1) is 15.5. The average molecular weight is 446 g/mol. The van der Waals surface area contributed by atoms with Crippen LogP contribution in [0.5, 0.6) is 0 Å². The van der Waals surface area contributed by atoms with Crippen LogP contribution in [0.1, 0.15) is 18.9 Å². The van der Waals surface area contributed by atoms with Gasteiger partial charge in [-0.05, 0) is 36.2 Å². The Hall–Kier alpha value is -3.58. The van der Waals surface area contributed by atoms with Crippen molar-refractivity contribution in [3.63, 3.8) is 0 Å². The highest BCUT2D eigenvalue weighted by atomic mass is 32.2. The second-order valence-corrected chi connectivity index (χ2v) is 8.52. The SMILES string of the molecule is CC[C@]1(c2ccccc2)NC(=O)N(CC(=O)Nc2ccccc2Sc2ccccc2)C1=O. The highest BCUT2D eigenvalue weighted by molar-refractivity contribution is 7.99. The summed E-state index contributed by atoms with van der Waals surface area (Å²) in [7, 11) is 0. The summed E-state index contributed by atoms with van der Waals surface area (Å²) >= 11 is 1.53. The Morgan fingerprint density at radius 2 is 1.56 bits per heavy atom. The van der Waals surface area contributed by atoms with Crippen molar-refractivity contribution in [1.29, 1.82) is 0 Å². The van der Waals surface area contributed by atoms with Crippen molar-refractivity contribution in [1.82, 2.24) is 10.2 Å². The van der Waals surface area contributed by atoms with Crippen LogP contribution in [0.15, 0.2) is 94.7 Å². The number of carbonyl (C=O) groups is 3. The zero-order valence-electron chi connectivity index (χ0n) is 17.6. The van der Waals surface area contributed by atoms with Gasteiger partial charge in [0.1, 0.15) is 12.1 Å². The van der Waals surface area contributed by atoms with Gasteiger partial charge in [0, 0.05) is 9.79 Å². The molecule has 1 heterocycles. The molecule has 1 saturated heterocycles. The predicted molar refractivity (Wildman–Crippen MR) is 124 cm³/mol. The summed E-state index contributed by atoms with van der Waals surface area (Å²) in [6, 6.07) is 25.8. The van der Waals surface area contributed by atoms with Crippen LogP contribution >= 0.6 is 11.8 Å². The zero-order valence-corrected chi connectivity index (χ0v) is 18.4. The van der Waals surface area contributed by atoms with E-state index in [-0.39, 0.29) is 6.54 Å². The zero-order chi connectivity index (χ0) is 22.6. The van der Waals surface area contributed by atoms with Gasteiger partial charge in [-0.2, -0.15) is 0 Å². The largest absolute Gasteiger partial charge is 0.325 e. The Labute approximate surface area is 191 Å². The molecule has 7 heteroatoms. The number of rotatable bonds is 7. The van der Waals surface area contributed by atoms with E-state index in [4.69, 9.17) is 0 Å². The van der Waals surface area contributed by atoms with E-state index < -0.39 is 23.4 Å². The van der Waals surface area contributed by atoms with Gasteiger partial charge in [-0.25, -0.2) is 4.79 Å². The molecule has 3 aromatic carbocycles. The highest BCUT2D eigenvalue weighted by Gasteiger charge is 2.51. The van der Waals surface area contributed by atoms with Crippen molar-refractivity contribution in [2.75, 3.05) is 11.9 Å². The fourth-order valence-corrected chi connectivity index (χ4v) is 4.66. The quantitative estimate of drug-likeness (QED) is 0.520. The van der Waals surface area contributed by atoms with Crippen molar-refractivity contribution in [3.05, 3.63) is 90.5 Å². The fourth-order valence-electron chi connectivity index (χ4n) is 3.74. The molecule has 0 radical (unpaired) electrons. The lowest BCUT2D eigenvalue weighted by molar-refractivity contribution is -0.134. The van der Waals surface area contributed by atoms with Gasteiger partial charge in [0.25, 0.3) is 5.91 Å². The molecule has 0 saturated carbocycles. The van der Waals surface area contributed by atoms with Crippen LogP contribution in [-0.2, 0) is 15.1 Å². The fraction of sp³-hybridized carbons (Fsp3) is 0.160. The third-order valence-corrected chi connectivity index (χ3v) is 6.49. The Balaban J connectivity index is 1.49. The molecule has 0 aliphatic carbocycles. The van der Waals surface area contributed by atoms with Crippen LogP contribution < -0.4 is 10.6 Å². The number of anilines is 1. The summed E-state index contributed by atoms with van der Waals surface area (Å²) in [4.78, 5) is 41.6. The first kappa shape index (κ1) is 21.6. The van der Waals surface area contributed by atoms with Crippen LogP contribution in [0.4, 0.5) is 10.5 Å². The first-order valence-electron chi connectivity index (χ1n) is 10.3. The molecule has 1 aliphatic rings. The van der Waals surface area contributed by atoms with Crippen molar-refractivity contribution < 1.29 is 14.4 Å². The number of urea groups is 1. The van der Waals surface area contributed by atoms with E-state index in [9.17, 15) is 14.4 Å². The number of nitrogens with zero attached hydrogens (tertiary/aromatic N) is 1. The topological polar surface area (TPSA) is 78.5 Å². The Morgan fingerprint density at radius 1 is 0.938 bits per heavy atom. The molecule has 162 valence electrons. The number of imide groups is 1. The van der Waals surface area contributed by atoms with Crippen LogP contribution in [0.3, 0.4) is 0 Å². The lowest BCUT2D eigenvalue weighted by atomic mass is 9.87. The van der Waals surface area contributed by atoms with Gasteiger partial charge in [0.05, 0.1) is 5.69 Å². The minimum absolute atomic E-state index is 0.358. The minimum atomic E-state index is -1.15. The van der Waals surface area contributed by atoms with Gasteiger partial charge in [-0.3, -0.25) is 14.5 Å². The summed E-state index contributed by atoms with van der Waals surface area (Å²) in [5.41, 5.74) is 0.177. The molecule has 0 aromatic heterocycles. The molecule has 1 aliphatic heterocycles. The number of carbonyl (C=O) groups excluding carboxylic acids is 3. The van der Waals surface area contributed by atoms with Gasteiger partial charge >= 0.3 is 6.03 Å². The maximum absolute atomic E-state index is 13.2. The lowest BCUT2D eigenvalue weighted by Crippen LogP contribution is -2.44. The first-order valence-corrected chi connectivity index (χ1v) is 11.2. The van der Waals surface area contributed by atoms with Crippen molar-refractivity contribution in [3.8, 4) is 0 Å². The Kier molecular flexibility index (Phi) is 6.28. The van der Waals surface area contributed by atoms with Gasteiger partial charge in [0.15, 0.2) is 0 Å². The van der Waals surface area contributed by atoms with Crippen molar-refractivity contribution in [2.24, 2.45) is 0 Å². The van der Waals surface area contributed by atoms with E-state index in [0.717, 1.165) is 14.7 Å². The standard InChI is InChI=1S/C25H23N3O3S/c1-2-25(18-11-5-3-6-12-18)23(30)28(24(31)27-25)17-22(29)26-20-15-9-10-16-21(20)32-19-13-7-4-8-14-19/h3-16H,2,17H2,1H3,(H,26,29)(H,27,31)/t25-/m1/s1. The maximum Gasteiger partial charge on any atom is 0.325 e. The smallest absolute Gasteiger partial charge is 0.323 e. The second kappa shape index (κ2) is 9.28. The van der Waals surface area contributed by atoms with Crippen molar-refractivity contribution in [2.45, 2.75) is 28.7 Å². The molecule has 0 unspecified atom stereocenters. The van der Waals surface area contributed by atoms with E-state index in [1.54, 1.807) is 6.07 Å². The number of amides is 4. The molecule has 2 N–H and O–H groups in total. The predicted octanol–water partition coefficient (Wildman–Crippen LogP) is 4.63. The maximum atomic E-state index is 13.2. The van der Waals surface area contributed by atoms with Gasteiger partial charge in [0.2, 0.25) is 5.91 Å². The molecular weight excluding hydrogens is 422 g/mol. The van der Waals surface area contributed by atoms with Crippen LogP contribution in [-0.4, -0.2) is 29.3 Å². The van der Waals surface area contributed by atoms with Gasteiger partial charge in [-0.1, -0.05) is 79.3 Å². The number of hydrogen-bond donors (Lipinski definition) is 2. The van der Waals surface area contributed by atoms with Crippen LogP contribution in [0.25, 0.3) is 0 Å². The van der Waals surface area contributed by atoms with Crippen LogP contribution in [0.2, 0.25) is 0 Å². The highest BCUT2D eigenvalue weighted by Crippen LogP contribution is 2.34. The van der Waals surface area contributed by atoms with E-state index in [1.165, 1.54) is 11.8 Å². The van der Waals surface area contributed by atoms with E-state index in [0.29, 0.717) is 17.7 Å².